The Balaban J connectivity index is 1.41. The molecule has 1 aromatic rings. The van der Waals surface area contributed by atoms with Crippen molar-refractivity contribution in [2.45, 2.75) is 4.90 Å². The van der Waals surface area contributed by atoms with Crippen LogP contribution in [0.15, 0.2) is 17.0 Å². The van der Waals surface area contributed by atoms with Gasteiger partial charge in [-0.15, -0.1) is 0 Å². The average molecular weight is 459 g/mol. The summed E-state index contributed by atoms with van der Waals surface area (Å²) in [6, 6.07) is 2.71. The summed E-state index contributed by atoms with van der Waals surface area (Å²) in [5.41, 5.74) is 0.341. The molecule has 0 saturated carbocycles. The third-order valence-electron chi connectivity index (χ3n) is 5.34. The highest BCUT2D eigenvalue weighted by atomic mass is 35.5. The smallest absolute Gasteiger partial charge is 0.262 e. The molecule has 3 heterocycles. The molecule has 1 aromatic carbocycles. The molecule has 1 N–H and O–H groups in total. The average Bonchev–Trinajstić information content (AvgIpc) is 2.74. The number of amides is 2. The third kappa shape index (κ3) is 4.40. The van der Waals surface area contributed by atoms with Crippen molar-refractivity contribution >= 4 is 39.1 Å². The van der Waals surface area contributed by atoms with E-state index < -0.39 is 10.0 Å². The van der Waals surface area contributed by atoms with E-state index in [4.69, 9.17) is 21.1 Å². The molecule has 10 nitrogen and oxygen atoms in total. The van der Waals surface area contributed by atoms with Crippen molar-refractivity contribution in [3.63, 3.8) is 0 Å². The summed E-state index contributed by atoms with van der Waals surface area (Å²) in [5.74, 6) is -0.0751. The number of benzene rings is 1. The monoisotopic (exact) mass is 458 g/mol. The summed E-state index contributed by atoms with van der Waals surface area (Å²) in [5, 5.41) is 2.60. The summed E-state index contributed by atoms with van der Waals surface area (Å²) in [6.45, 7) is 3.81. The molecule has 4 rings (SSSR count). The molecule has 0 bridgehead atoms. The first-order valence-corrected chi connectivity index (χ1v) is 11.5. The number of carbonyl (C=O) groups excluding carboxylic acids is 2. The van der Waals surface area contributed by atoms with E-state index in [9.17, 15) is 18.0 Å². The lowest BCUT2D eigenvalue weighted by Crippen LogP contribution is -2.53. The number of nitrogens with one attached hydrogen (secondary N) is 1. The van der Waals surface area contributed by atoms with Crippen LogP contribution < -0.4 is 10.1 Å². The van der Waals surface area contributed by atoms with E-state index in [0.717, 1.165) is 13.1 Å². The SMILES string of the molecule is O=C1COc2cc(S(=O)(=O)N3CCN(C(=O)CN4CCOCC4)CC3)c(Cl)cc2N1. The zero-order valence-corrected chi connectivity index (χ0v) is 17.9. The van der Waals surface area contributed by atoms with Crippen LogP contribution in [0.5, 0.6) is 5.75 Å². The van der Waals surface area contributed by atoms with Crippen molar-refractivity contribution in [2.24, 2.45) is 0 Å². The topological polar surface area (TPSA) is 108 Å². The minimum absolute atomic E-state index is 0.00498. The maximum absolute atomic E-state index is 13.1. The van der Waals surface area contributed by atoms with E-state index in [1.54, 1.807) is 4.90 Å². The summed E-state index contributed by atoms with van der Waals surface area (Å²) >= 11 is 6.21. The summed E-state index contributed by atoms with van der Waals surface area (Å²) in [7, 11) is -3.87. The first-order chi connectivity index (χ1) is 14.3. The molecule has 2 fully saturated rings. The molecule has 3 aliphatic rings. The van der Waals surface area contributed by atoms with Gasteiger partial charge in [0.1, 0.15) is 10.6 Å². The minimum Gasteiger partial charge on any atom is -0.482 e. The predicted octanol–water partition coefficient (Wildman–Crippen LogP) is -0.164. The molecule has 2 saturated heterocycles. The second-order valence-electron chi connectivity index (χ2n) is 7.29. The number of hydrogen-bond acceptors (Lipinski definition) is 7. The van der Waals surface area contributed by atoms with E-state index in [1.807, 2.05) is 4.90 Å². The van der Waals surface area contributed by atoms with Gasteiger partial charge in [-0.05, 0) is 6.07 Å². The van der Waals surface area contributed by atoms with E-state index in [2.05, 4.69) is 5.32 Å². The van der Waals surface area contributed by atoms with Crippen molar-refractivity contribution in [1.29, 1.82) is 0 Å². The van der Waals surface area contributed by atoms with E-state index in [0.29, 0.717) is 38.5 Å². The lowest BCUT2D eigenvalue weighted by molar-refractivity contribution is -0.134. The number of morpholine rings is 1. The first kappa shape index (κ1) is 21.3. The lowest BCUT2D eigenvalue weighted by Gasteiger charge is -2.36. The van der Waals surface area contributed by atoms with Crippen LogP contribution in [0.4, 0.5) is 5.69 Å². The van der Waals surface area contributed by atoms with Crippen molar-refractivity contribution < 1.29 is 27.5 Å². The fraction of sp³-hybridized carbons (Fsp3) is 0.556. The highest BCUT2D eigenvalue weighted by Crippen LogP contribution is 2.36. The molecule has 0 aromatic heterocycles. The molecule has 0 spiro atoms. The second-order valence-corrected chi connectivity index (χ2v) is 9.60. The van der Waals surface area contributed by atoms with E-state index >= 15 is 0 Å². The van der Waals surface area contributed by atoms with Crippen LogP contribution in [0.3, 0.4) is 0 Å². The van der Waals surface area contributed by atoms with Gasteiger partial charge in [-0.2, -0.15) is 4.31 Å². The maximum atomic E-state index is 13.1. The van der Waals surface area contributed by atoms with Gasteiger partial charge in [0.25, 0.3) is 5.91 Å². The molecule has 0 atom stereocenters. The number of halogens is 1. The number of nitrogens with zero attached hydrogens (tertiary/aromatic N) is 3. The fourth-order valence-corrected chi connectivity index (χ4v) is 5.59. The van der Waals surface area contributed by atoms with Crippen LogP contribution in [0, 0.1) is 0 Å². The van der Waals surface area contributed by atoms with Crippen molar-refractivity contribution in [3.05, 3.63) is 17.2 Å². The Labute approximate surface area is 179 Å². The van der Waals surface area contributed by atoms with Gasteiger partial charge in [-0.3, -0.25) is 14.5 Å². The Morgan fingerprint density at radius 3 is 2.50 bits per heavy atom. The number of sulfonamides is 1. The number of hydrogen-bond donors (Lipinski definition) is 1. The Morgan fingerprint density at radius 2 is 1.80 bits per heavy atom. The van der Waals surface area contributed by atoms with E-state index in [-0.39, 0.29) is 47.2 Å². The standard InChI is InChI=1S/C18H23ClN4O6S/c19-13-9-14-15(29-12-17(24)20-14)10-16(13)30(26,27)23-3-1-22(2-4-23)18(25)11-21-5-7-28-8-6-21/h9-10H,1-8,11-12H2,(H,20,24). The number of fused-ring (bicyclic) bond motifs is 1. The maximum Gasteiger partial charge on any atom is 0.262 e. The molecular weight excluding hydrogens is 436 g/mol. The summed E-state index contributed by atoms with van der Waals surface area (Å²) in [6.07, 6.45) is 0. The number of carbonyl (C=O) groups is 2. The normalized spacial score (nSPS) is 21.0. The molecule has 0 aliphatic carbocycles. The molecular formula is C18H23ClN4O6S. The predicted molar refractivity (Wildman–Crippen MR) is 108 cm³/mol. The molecule has 12 heteroatoms. The second kappa shape index (κ2) is 8.67. The van der Waals surface area contributed by atoms with Gasteiger partial charge in [-0.25, -0.2) is 8.42 Å². The molecule has 0 radical (unpaired) electrons. The summed E-state index contributed by atoms with van der Waals surface area (Å²) < 4.78 is 38.2. The molecule has 2 amide bonds. The van der Waals surface area contributed by atoms with Gasteiger partial charge in [-0.1, -0.05) is 11.6 Å². The van der Waals surface area contributed by atoms with Crippen molar-refractivity contribution in [3.8, 4) is 5.75 Å². The number of anilines is 1. The minimum atomic E-state index is -3.87. The Bertz CT molecular complexity index is 942. The number of piperazine rings is 1. The molecule has 30 heavy (non-hydrogen) atoms. The third-order valence-corrected chi connectivity index (χ3v) is 7.70. The first-order valence-electron chi connectivity index (χ1n) is 9.69. The zero-order valence-electron chi connectivity index (χ0n) is 16.3. The van der Waals surface area contributed by atoms with Crippen LogP contribution >= 0.6 is 11.6 Å². The fourth-order valence-electron chi connectivity index (χ4n) is 3.65. The summed E-state index contributed by atoms with van der Waals surface area (Å²) in [4.78, 5) is 27.6. The quantitative estimate of drug-likeness (QED) is 0.667. The van der Waals surface area contributed by atoms with E-state index in [1.165, 1.54) is 16.4 Å². The van der Waals surface area contributed by atoms with Gasteiger partial charge < -0.3 is 19.7 Å². The lowest BCUT2D eigenvalue weighted by atomic mass is 10.2. The van der Waals surface area contributed by atoms with Gasteiger partial charge in [0.05, 0.1) is 30.5 Å². The zero-order chi connectivity index (χ0) is 21.3. The van der Waals surface area contributed by atoms with Gasteiger partial charge >= 0.3 is 0 Å². The Hall–Kier alpha value is -1.92. The van der Waals surface area contributed by atoms with Crippen LogP contribution in [0.25, 0.3) is 0 Å². The van der Waals surface area contributed by atoms with Crippen LogP contribution in [-0.4, -0.2) is 100.0 Å². The van der Waals surface area contributed by atoms with Gasteiger partial charge in [0, 0.05) is 45.3 Å². The molecule has 0 unspecified atom stereocenters. The van der Waals surface area contributed by atoms with Crippen molar-refractivity contribution in [1.82, 2.24) is 14.1 Å². The largest absolute Gasteiger partial charge is 0.482 e. The molecule has 164 valence electrons. The van der Waals surface area contributed by atoms with Gasteiger partial charge in [0.2, 0.25) is 15.9 Å². The van der Waals surface area contributed by atoms with Crippen LogP contribution in [0.1, 0.15) is 0 Å². The number of rotatable bonds is 4. The Morgan fingerprint density at radius 1 is 1.10 bits per heavy atom. The van der Waals surface area contributed by atoms with Crippen LogP contribution in [-0.2, 0) is 24.3 Å². The van der Waals surface area contributed by atoms with Crippen LogP contribution in [0.2, 0.25) is 5.02 Å². The molecule has 3 aliphatic heterocycles. The number of ether oxygens (including phenoxy) is 2. The highest BCUT2D eigenvalue weighted by molar-refractivity contribution is 7.89. The highest BCUT2D eigenvalue weighted by Gasteiger charge is 2.33. The Kier molecular flexibility index (Phi) is 6.16. The van der Waals surface area contributed by atoms with Crippen molar-refractivity contribution in [2.75, 3.05) is 71.0 Å². The van der Waals surface area contributed by atoms with Gasteiger partial charge in [0.15, 0.2) is 6.61 Å².